The van der Waals surface area contributed by atoms with Crippen molar-refractivity contribution in [1.82, 2.24) is 5.32 Å². The highest BCUT2D eigenvalue weighted by molar-refractivity contribution is 5.75. The molecule has 0 radical (unpaired) electrons. The second kappa shape index (κ2) is 7.63. The summed E-state index contributed by atoms with van der Waals surface area (Å²) in [6.07, 6.45) is 1.25. The first-order chi connectivity index (χ1) is 7.37. The van der Waals surface area contributed by atoms with Gasteiger partial charge in [-0.05, 0) is 25.7 Å². The lowest BCUT2D eigenvalue weighted by Crippen LogP contribution is -2.35. The van der Waals surface area contributed by atoms with Gasteiger partial charge in [-0.25, -0.2) is 0 Å². The van der Waals surface area contributed by atoms with Gasteiger partial charge < -0.3 is 15.2 Å². The number of amides is 1. The van der Waals surface area contributed by atoms with Crippen LogP contribution >= 0.6 is 0 Å². The van der Waals surface area contributed by atoms with Crippen LogP contribution in [-0.2, 0) is 9.53 Å². The van der Waals surface area contributed by atoms with Crippen LogP contribution in [0.5, 0.6) is 0 Å². The Morgan fingerprint density at radius 2 is 2.06 bits per heavy atom. The lowest BCUT2D eigenvalue weighted by molar-refractivity contribution is -0.123. The van der Waals surface area contributed by atoms with Gasteiger partial charge in [0, 0.05) is 19.6 Å². The molecule has 0 atom stereocenters. The molecule has 0 aliphatic heterocycles. The first kappa shape index (κ1) is 15.4. The molecule has 2 N–H and O–H groups in total. The van der Waals surface area contributed by atoms with Gasteiger partial charge in [0.1, 0.15) is 0 Å². The average molecular weight is 231 g/mol. The summed E-state index contributed by atoms with van der Waals surface area (Å²) in [5.41, 5.74) is -0.0523. The highest BCUT2D eigenvalue weighted by atomic mass is 16.5. The number of hydrogen-bond acceptors (Lipinski definition) is 3. The van der Waals surface area contributed by atoms with E-state index in [1.807, 2.05) is 27.7 Å². The molecule has 0 bridgehead atoms. The molecule has 16 heavy (non-hydrogen) atoms. The number of rotatable bonds is 8. The van der Waals surface area contributed by atoms with Crippen molar-refractivity contribution in [3.05, 3.63) is 0 Å². The summed E-state index contributed by atoms with van der Waals surface area (Å²) < 4.78 is 5.29. The molecule has 0 spiro atoms. The zero-order valence-electron chi connectivity index (χ0n) is 10.9. The predicted molar refractivity (Wildman–Crippen MR) is 64.2 cm³/mol. The summed E-state index contributed by atoms with van der Waals surface area (Å²) in [7, 11) is 0. The monoisotopic (exact) mass is 231 g/mol. The molecule has 0 aromatic rings. The van der Waals surface area contributed by atoms with Crippen LogP contribution in [0.25, 0.3) is 0 Å². The van der Waals surface area contributed by atoms with E-state index in [0.29, 0.717) is 26.0 Å². The van der Waals surface area contributed by atoms with Gasteiger partial charge in [-0.1, -0.05) is 13.8 Å². The van der Waals surface area contributed by atoms with Crippen LogP contribution in [0, 0.1) is 5.41 Å². The van der Waals surface area contributed by atoms with Crippen LogP contribution in [-0.4, -0.2) is 36.9 Å². The molecule has 0 aliphatic carbocycles. The van der Waals surface area contributed by atoms with Gasteiger partial charge in [0.2, 0.25) is 5.91 Å². The number of aliphatic hydroxyl groups is 1. The molecule has 0 rings (SSSR count). The largest absolute Gasteiger partial charge is 0.396 e. The highest BCUT2D eigenvalue weighted by Gasteiger charge is 2.17. The fraction of sp³-hybridized carbons (Fsp3) is 0.917. The van der Waals surface area contributed by atoms with Crippen LogP contribution in [0.4, 0.5) is 0 Å². The molecule has 0 aromatic carbocycles. The van der Waals surface area contributed by atoms with Gasteiger partial charge in [0.25, 0.3) is 0 Å². The van der Waals surface area contributed by atoms with Gasteiger partial charge in [0.05, 0.1) is 12.7 Å². The van der Waals surface area contributed by atoms with E-state index in [-0.39, 0.29) is 24.0 Å². The lowest BCUT2D eigenvalue weighted by atomic mass is 9.90. The molecule has 0 aromatic heterocycles. The zero-order valence-corrected chi connectivity index (χ0v) is 10.9. The molecule has 0 aliphatic rings. The third-order valence-corrected chi connectivity index (χ3v) is 2.33. The normalized spacial score (nSPS) is 11.9. The number of carbonyl (C=O) groups excluding carboxylic acids is 1. The van der Waals surface area contributed by atoms with E-state index in [1.165, 1.54) is 0 Å². The number of hydrogen-bond donors (Lipinski definition) is 2. The molecule has 4 heteroatoms. The number of ether oxygens (including phenoxy) is 1. The summed E-state index contributed by atoms with van der Waals surface area (Å²) in [6.45, 7) is 9.14. The SMILES string of the molecule is CC(C)OCCC(=O)NCC(C)(C)CCO. The predicted octanol–water partition coefficient (Wildman–Crippen LogP) is 1.33. The summed E-state index contributed by atoms with van der Waals surface area (Å²) >= 11 is 0. The molecule has 0 saturated heterocycles. The summed E-state index contributed by atoms with van der Waals surface area (Å²) in [6, 6.07) is 0. The first-order valence-electron chi connectivity index (χ1n) is 5.86. The van der Waals surface area contributed by atoms with Crippen molar-refractivity contribution in [3.8, 4) is 0 Å². The Balaban J connectivity index is 3.64. The van der Waals surface area contributed by atoms with E-state index < -0.39 is 0 Å². The first-order valence-corrected chi connectivity index (χ1v) is 5.86. The van der Waals surface area contributed by atoms with Crippen LogP contribution in [0.1, 0.15) is 40.5 Å². The lowest BCUT2D eigenvalue weighted by Gasteiger charge is -2.23. The van der Waals surface area contributed by atoms with Crippen LogP contribution in [0.15, 0.2) is 0 Å². The molecule has 0 heterocycles. The van der Waals surface area contributed by atoms with Crippen molar-refractivity contribution >= 4 is 5.91 Å². The maximum Gasteiger partial charge on any atom is 0.222 e. The Morgan fingerprint density at radius 1 is 1.44 bits per heavy atom. The van der Waals surface area contributed by atoms with Crippen LogP contribution < -0.4 is 5.32 Å². The minimum absolute atomic E-state index is 0.00617. The van der Waals surface area contributed by atoms with Gasteiger partial charge in [0.15, 0.2) is 0 Å². The molecular formula is C12H25NO3. The molecule has 1 amide bonds. The third kappa shape index (κ3) is 8.68. The smallest absolute Gasteiger partial charge is 0.222 e. The summed E-state index contributed by atoms with van der Waals surface area (Å²) in [5, 5.41) is 11.7. The second-order valence-corrected chi connectivity index (χ2v) is 5.08. The fourth-order valence-corrected chi connectivity index (χ4v) is 1.20. The van der Waals surface area contributed by atoms with Gasteiger partial charge in [-0.15, -0.1) is 0 Å². The zero-order chi connectivity index (χ0) is 12.6. The quantitative estimate of drug-likeness (QED) is 0.662. The van der Waals surface area contributed by atoms with E-state index in [0.717, 1.165) is 0 Å². The van der Waals surface area contributed by atoms with E-state index in [9.17, 15) is 4.79 Å². The maximum absolute atomic E-state index is 11.4. The second-order valence-electron chi connectivity index (χ2n) is 5.08. The van der Waals surface area contributed by atoms with E-state index in [1.54, 1.807) is 0 Å². The van der Waals surface area contributed by atoms with Crippen molar-refractivity contribution in [2.75, 3.05) is 19.8 Å². The summed E-state index contributed by atoms with van der Waals surface area (Å²) in [5.74, 6) is 0.00617. The van der Waals surface area contributed by atoms with Gasteiger partial charge >= 0.3 is 0 Å². The van der Waals surface area contributed by atoms with E-state index >= 15 is 0 Å². The maximum atomic E-state index is 11.4. The Bertz CT molecular complexity index is 202. The summed E-state index contributed by atoms with van der Waals surface area (Å²) in [4.78, 5) is 11.4. The van der Waals surface area contributed by atoms with Crippen LogP contribution in [0.3, 0.4) is 0 Å². The van der Waals surface area contributed by atoms with Crippen molar-refractivity contribution in [2.45, 2.75) is 46.6 Å². The Hall–Kier alpha value is -0.610. The minimum Gasteiger partial charge on any atom is -0.396 e. The standard InChI is InChI=1S/C12H25NO3/c1-10(2)16-8-5-11(15)13-9-12(3,4)6-7-14/h10,14H,5-9H2,1-4H3,(H,13,15). The van der Waals surface area contributed by atoms with Crippen molar-refractivity contribution < 1.29 is 14.6 Å². The molecule has 0 saturated carbocycles. The number of aliphatic hydroxyl groups excluding tert-OH is 1. The van der Waals surface area contributed by atoms with Gasteiger partial charge in [-0.3, -0.25) is 4.79 Å². The molecule has 0 unspecified atom stereocenters. The van der Waals surface area contributed by atoms with E-state index in [2.05, 4.69) is 5.32 Å². The van der Waals surface area contributed by atoms with Crippen molar-refractivity contribution in [1.29, 1.82) is 0 Å². The van der Waals surface area contributed by atoms with Crippen molar-refractivity contribution in [2.24, 2.45) is 5.41 Å². The highest BCUT2D eigenvalue weighted by Crippen LogP contribution is 2.17. The molecule has 0 fully saturated rings. The average Bonchev–Trinajstić information content (AvgIpc) is 2.14. The number of nitrogens with one attached hydrogen (secondary N) is 1. The Kier molecular flexibility index (Phi) is 7.34. The molecule has 96 valence electrons. The minimum atomic E-state index is -0.0523. The number of carbonyl (C=O) groups is 1. The third-order valence-electron chi connectivity index (χ3n) is 2.33. The Morgan fingerprint density at radius 3 is 2.56 bits per heavy atom. The fourth-order valence-electron chi connectivity index (χ4n) is 1.20. The van der Waals surface area contributed by atoms with Crippen molar-refractivity contribution in [3.63, 3.8) is 0 Å². The molecular weight excluding hydrogens is 206 g/mol. The topological polar surface area (TPSA) is 58.6 Å². The van der Waals surface area contributed by atoms with Crippen LogP contribution in [0.2, 0.25) is 0 Å². The Labute approximate surface area is 98.4 Å². The molecule has 4 nitrogen and oxygen atoms in total. The van der Waals surface area contributed by atoms with Gasteiger partial charge in [-0.2, -0.15) is 0 Å². The van der Waals surface area contributed by atoms with E-state index in [4.69, 9.17) is 9.84 Å².